The Bertz CT molecular complexity index is 972. The molecule has 1 unspecified atom stereocenters. The van der Waals surface area contributed by atoms with E-state index < -0.39 is 24.6 Å². The summed E-state index contributed by atoms with van der Waals surface area (Å²) < 4.78 is 41.4. The molecular weight excluding hydrogens is 388 g/mol. The molecule has 2 aromatic heterocycles. The van der Waals surface area contributed by atoms with Gasteiger partial charge in [0.05, 0.1) is 12.2 Å². The number of ether oxygens (including phenoxy) is 2. The fourth-order valence-corrected chi connectivity index (χ4v) is 2.40. The lowest BCUT2D eigenvalue weighted by Gasteiger charge is -2.15. The summed E-state index contributed by atoms with van der Waals surface area (Å²) in [7, 11) is 0. The molecule has 29 heavy (non-hydrogen) atoms. The van der Waals surface area contributed by atoms with E-state index in [4.69, 9.17) is 9.15 Å². The maximum atomic E-state index is 12.5. The summed E-state index contributed by atoms with van der Waals surface area (Å²) in [5.41, 5.74) is 0.0280. The summed E-state index contributed by atoms with van der Waals surface area (Å²) in [4.78, 5) is 24.5. The third-order valence-electron chi connectivity index (χ3n) is 3.75. The molecule has 1 aromatic carbocycles. The van der Waals surface area contributed by atoms with Crippen LogP contribution in [0.15, 0.2) is 59.3 Å². The van der Waals surface area contributed by atoms with Gasteiger partial charge >= 0.3 is 12.6 Å². The number of aromatic nitrogens is 2. The van der Waals surface area contributed by atoms with Crippen LogP contribution in [0.25, 0.3) is 0 Å². The quantitative estimate of drug-likeness (QED) is 0.578. The zero-order valence-corrected chi connectivity index (χ0v) is 15.2. The first-order valence-electron chi connectivity index (χ1n) is 8.54. The number of amides is 1. The largest absolute Gasteiger partial charge is 0.452 e. The number of esters is 1. The van der Waals surface area contributed by atoms with Crippen LogP contribution < -0.4 is 10.1 Å². The Hall–Kier alpha value is -3.69. The molecule has 0 radical (unpaired) electrons. The molecule has 1 atom stereocenters. The number of hydrogen-bond acceptors (Lipinski definition) is 6. The van der Waals surface area contributed by atoms with Gasteiger partial charge < -0.3 is 19.2 Å². The summed E-state index contributed by atoms with van der Waals surface area (Å²) in [6.45, 7) is -1.37. The molecule has 1 amide bonds. The number of hydrogen-bond donors (Lipinski definition) is 1. The highest BCUT2D eigenvalue weighted by Gasteiger charge is 2.22. The van der Waals surface area contributed by atoms with Crippen LogP contribution >= 0.6 is 0 Å². The third-order valence-corrected chi connectivity index (χ3v) is 3.75. The first-order valence-corrected chi connectivity index (χ1v) is 8.54. The lowest BCUT2D eigenvalue weighted by Crippen LogP contribution is -2.30. The Labute approximate surface area is 164 Å². The third kappa shape index (κ3) is 5.41. The van der Waals surface area contributed by atoms with Gasteiger partial charge in [-0.3, -0.25) is 9.48 Å². The highest BCUT2D eigenvalue weighted by atomic mass is 19.3. The maximum Gasteiger partial charge on any atom is 0.387 e. The monoisotopic (exact) mass is 405 g/mol. The van der Waals surface area contributed by atoms with Gasteiger partial charge in [0, 0.05) is 12.4 Å². The van der Waals surface area contributed by atoms with Crippen LogP contribution in [0, 0.1) is 0 Å². The van der Waals surface area contributed by atoms with Crippen LogP contribution in [0.1, 0.15) is 23.2 Å². The number of halogens is 2. The highest BCUT2D eigenvalue weighted by molar-refractivity contribution is 5.97. The number of para-hydroxylation sites is 2. The van der Waals surface area contributed by atoms with E-state index >= 15 is 0 Å². The lowest BCUT2D eigenvalue weighted by molar-refractivity contribution is -0.124. The second-order valence-corrected chi connectivity index (χ2v) is 5.88. The molecule has 8 nitrogen and oxygen atoms in total. The van der Waals surface area contributed by atoms with Gasteiger partial charge in [0.15, 0.2) is 6.10 Å². The van der Waals surface area contributed by atoms with Crippen molar-refractivity contribution in [1.82, 2.24) is 9.78 Å². The average molecular weight is 405 g/mol. The number of alkyl halides is 2. The van der Waals surface area contributed by atoms with Crippen molar-refractivity contribution in [2.24, 2.45) is 0 Å². The Balaban J connectivity index is 1.58. The molecule has 1 N–H and O–H groups in total. The van der Waals surface area contributed by atoms with Crippen molar-refractivity contribution < 1.29 is 32.3 Å². The number of anilines is 1. The molecule has 3 aromatic rings. The number of rotatable bonds is 8. The molecule has 2 heterocycles. The predicted octanol–water partition coefficient (Wildman–Crippen LogP) is 3.31. The molecule has 152 valence electrons. The van der Waals surface area contributed by atoms with Crippen LogP contribution in [0.5, 0.6) is 5.75 Å². The van der Waals surface area contributed by atoms with E-state index in [0.717, 1.165) is 0 Å². The molecular formula is C19H17F2N3O5. The zero-order valence-electron chi connectivity index (χ0n) is 15.2. The van der Waals surface area contributed by atoms with E-state index in [0.29, 0.717) is 12.3 Å². The van der Waals surface area contributed by atoms with Crippen LogP contribution in [0.3, 0.4) is 0 Å². The molecule has 0 saturated heterocycles. The van der Waals surface area contributed by atoms with Crippen LogP contribution in [0.2, 0.25) is 0 Å². The molecule has 0 fully saturated rings. The summed E-state index contributed by atoms with van der Waals surface area (Å²) >= 11 is 0. The van der Waals surface area contributed by atoms with Crippen molar-refractivity contribution in [3.8, 4) is 5.75 Å². The van der Waals surface area contributed by atoms with Gasteiger partial charge in [-0.1, -0.05) is 12.1 Å². The number of nitrogens with one attached hydrogen (secondary N) is 1. The molecule has 0 aliphatic rings. The number of benzene rings is 1. The van der Waals surface area contributed by atoms with E-state index in [9.17, 15) is 18.4 Å². The first kappa shape index (κ1) is 20.1. The minimum Gasteiger partial charge on any atom is -0.452 e. The number of carbonyl (C=O) groups is 2. The molecule has 0 bridgehead atoms. The van der Waals surface area contributed by atoms with Crippen molar-refractivity contribution in [2.75, 3.05) is 5.32 Å². The molecule has 0 saturated carbocycles. The molecule has 0 aliphatic heterocycles. The Kier molecular flexibility index (Phi) is 6.22. The Morgan fingerprint density at radius 1 is 1.21 bits per heavy atom. The Morgan fingerprint density at radius 3 is 2.72 bits per heavy atom. The SMILES string of the molecule is CC(OC(=O)c1ccc(Cn2cccn2)o1)C(=O)Nc1ccccc1OC(F)F. The van der Waals surface area contributed by atoms with E-state index in [1.54, 1.807) is 29.2 Å². The molecule has 0 aliphatic carbocycles. The fourth-order valence-electron chi connectivity index (χ4n) is 2.40. The molecule has 0 spiro atoms. The van der Waals surface area contributed by atoms with Gasteiger partial charge in [-0.15, -0.1) is 0 Å². The second-order valence-electron chi connectivity index (χ2n) is 5.88. The van der Waals surface area contributed by atoms with Gasteiger partial charge in [-0.2, -0.15) is 13.9 Å². The summed E-state index contributed by atoms with van der Waals surface area (Å²) in [6.07, 6.45) is 2.15. The standard InChI is InChI=1S/C19H17F2N3O5/c1-12(17(25)23-14-5-2-3-6-15(14)29-19(20)21)27-18(26)16-8-7-13(28-16)11-24-10-4-9-22-24/h2-10,12,19H,11H2,1H3,(H,23,25). The predicted molar refractivity (Wildman–Crippen MR) is 96.6 cm³/mol. The fraction of sp³-hybridized carbons (Fsp3) is 0.211. The van der Waals surface area contributed by atoms with E-state index in [1.165, 1.54) is 37.3 Å². The zero-order chi connectivity index (χ0) is 20.8. The Morgan fingerprint density at radius 2 is 2.00 bits per heavy atom. The number of nitrogens with zero attached hydrogens (tertiary/aromatic N) is 2. The first-order chi connectivity index (χ1) is 13.9. The van der Waals surface area contributed by atoms with Crippen LogP contribution in [-0.4, -0.2) is 34.4 Å². The highest BCUT2D eigenvalue weighted by Crippen LogP contribution is 2.25. The minimum absolute atomic E-state index is 0.0280. The topological polar surface area (TPSA) is 95.6 Å². The summed E-state index contributed by atoms with van der Waals surface area (Å²) in [6, 6.07) is 10.5. The van der Waals surface area contributed by atoms with Gasteiger partial charge in [0.25, 0.3) is 5.91 Å². The van der Waals surface area contributed by atoms with Gasteiger partial charge in [-0.05, 0) is 37.3 Å². The summed E-state index contributed by atoms with van der Waals surface area (Å²) in [5, 5.41) is 6.42. The average Bonchev–Trinajstić information content (AvgIpc) is 3.35. The normalized spacial score (nSPS) is 11.9. The van der Waals surface area contributed by atoms with Crippen LogP contribution in [0.4, 0.5) is 14.5 Å². The number of carbonyl (C=O) groups excluding carboxylic acids is 2. The maximum absolute atomic E-state index is 12.5. The van der Waals surface area contributed by atoms with Gasteiger partial charge in [0.2, 0.25) is 5.76 Å². The number of furan rings is 1. The second kappa shape index (κ2) is 9.00. The molecule has 10 heteroatoms. The minimum atomic E-state index is -3.04. The van der Waals surface area contributed by atoms with E-state index in [-0.39, 0.29) is 17.2 Å². The smallest absolute Gasteiger partial charge is 0.387 e. The lowest BCUT2D eigenvalue weighted by atomic mass is 10.2. The van der Waals surface area contributed by atoms with E-state index in [2.05, 4.69) is 15.2 Å². The van der Waals surface area contributed by atoms with Gasteiger partial charge in [-0.25, -0.2) is 4.79 Å². The molecule has 3 rings (SSSR count). The van der Waals surface area contributed by atoms with Gasteiger partial charge in [0.1, 0.15) is 11.5 Å². The van der Waals surface area contributed by atoms with Crippen molar-refractivity contribution in [3.63, 3.8) is 0 Å². The van der Waals surface area contributed by atoms with Crippen molar-refractivity contribution >= 4 is 17.6 Å². The van der Waals surface area contributed by atoms with Crippen LogP contribution in [-0.2, 0) is 16.1 Å². The van der Waals surface area contributed by atoms with Crippen molar-refractivity contribution in [1.29, 1.82) is 0 Å². The van der Waals surface area contributed by atoms with E-state index in [1.807, 2.05) is 0 Å². The van der Waals surface area contributed by atoms with Crippen molar-refractivity contribution in [2.45, 2.75) is 26.2 Å². The van der Waals surface area contributed by atoms with Crippen molar-refractivity contribution in [3.05, 3.63) is 66.4 Å². The summed E-state index contributed by atoms with van der Waals surface area (Å²) in [5.74, 6) is -1.35.